The minimum absolute atomic E-state index is 0.589. The van der Waals surface area contributed by atoms with E-state index < -0.39 is 0 Å². The van der Waals surface area contributed by atoms with Gasteiger partial charge >= 0.3 is 0 Å². The van der Waals surface area contributed by atoms with Gasteiger partial charge in [0.1, 0.15) is 0 Å². The molecule has 0 bridgehead atoms. The molecule has 0 aromatic carbocycles. The second-order valence-electron chi connectivity index (χ2n) is 2.41. The van der Waals surface area contributed by atoms with E-state index in [2.05, 4.69) is 20.4 Å². The van der Waals surface area contributed by atoms with Crippen molar-refractivity contribution in [2.75, 3.05) is 7.05 Å². The summed E-state index contributed by atoms with van der Waals surface area (Å²) in [6, 6.07) is 0. The van der Waals surface area contributed by atoms with E-state index in [4.69, 9.17) is 4.52 Å². The lowest BCUT2D eigenvalue weighted by Crippen LogP contribution is -2.04. The fourth-order valence-electron chi connectivity index (χ4n) is 0.904. The molecule has 0 fully saturated rings. The molecular formula is C7H8N4OS. The zero-order valence-electron chi connectivity index (χ0n) is 7.02. The van der Waals surface area contributed by atoms with Gasteiger partial charge in [-0.05, 0) is 7.05 Å². The summed E-state index contributed by atoms with van der Waals surface area (Å²) in [5.41, 5.74) is 1.74. The number of rotatable bonds is 3. The summed E-state index contributed by atoms with van der Waals surface area (Å²) in [4.78, 5) is 9.03. The quantitative estimate of drug-likeness (QED) is 0.790. The Hall–Kier alpha value is -1.27. The van der Waals surface area contributed by atoms with Gasteiger partial charge in [-0.2, -0.15) is 4.98 Å². The Kier molecular flexibility index (Phi) is 2.33. The van der Waals surface area contributed by atoms with Crippen molar-refractivity contribution in [3.05, 3.63) is 17.6 Å². The molecule has 0 spiro atoms. The summed E-state index contributed by atoms with van der Waals surface area (Å²) in [6.45, 7) is 0.589. The van der Waals surface area contributed by atoms with Crippen molar-refractivity contribution < 1.29 is 4.52 Å². The monoisotopic (exact) mass is 196 g/mol. The van der Waals surface area contributed by atoms with Crippen LogP contribution in [-0.4, -0.2) is 22.2 Å². The Morgan fingerprint density at radius 1 is 1.62 bits per heavy atom. The van der Waals surface area contributed by atoms with Gasteiger partial charge in [-0.3, -0.25) is 4.98 Å². The van der Waals surface area contributed by atoms with Crippen LogP contribution < -0.4 is 5.32 Å². The number of nitrogens with one attached hydrogen (secondary N) is 1. The first kappa shape index (κ1) is 8.33. The zero-order valence-corrected chi connectivity index (χ0v) is 7.84. The topological polar surface area (TPSA) is 63.8 Å². The molecule has 0 atom stereocenters. The first-order chi connectivity index (χ1) is 6.40. The van der Waals surface area contributed by atoms with Gasteiger partial charge in [0.15, 0.2) is 0 Å². The van der Waals surface area contributed by atoms with Gasteiger partial charge in [0, 0.05) is 6.20 Å². The van der Waals surface area contributed by atoms with E-state index in [0.717, 1.165) is 4.88 Å². The summed E-state index contributed by atoms with van der Waals surface area (Å²) in [7, 11) is 1.83. The third-order valence-corrected chi connectivity index (χ3v) is 2.22. The highest BCUT2D eigenvalue weighted by molar-refractivity contribution is 7.13. The average Bonchev–Trinajstić information content (AvgIpc) is 2.70. The molecule has 68 valence electrons. The number of hydrogen-bond donors (Lipinski definition) is 1. The molecule has 0 radical (unpaired) electrons. The second-order valence-corrected chi connectivity index (χ2v) is 3.29. The molecule has 0 aliphatic heterocycles. The largest absolute Gasteiger partial charge is 0.338 e. The van der Waals surface area contributed by atoms with E-state index in [0.29, 0.717) is 18.3 Å². The summed E-state index contributed by atoms with van der Waals surface area (Å²) in [5, 5.41) is 6.76. The molecule has 5 nitrogen and oxygen atoms in total. The number of nitrogens with zero attached hydrogens (tertiary/aromatic N) is 3. The van der Waals surface area contributed by atoms with Gasteiger partial charge in [-0.15, -0.1) is 11.3 Å². The lowest BCUT2D eigenvalue weighted by Gasteiger charge is -1.86. The lowest BCUT2D eigenvalue weighted by atomic mass is 10.5. The predicted molar refractivity (Wildman–Crippen MR) is 48.2 cm³/mol. The summed E-state index contributed by atoms with van der Waals surface area (Å²) < 4.78 is 4.98. The Morgan fingerprint density at radius 3 is 3.23 bits per heavy atom. The average molecular weight is 196 g/mol. The molecule has 2 heterocycles. The second kappa shape index (κ2) is 3.63. The van der Waals surface area contributed by atoms with Crippen molar-refractivity contribution in [1.29, 1.82) is 0 Å². The minimum atomic E-state index is 0.589. The normalized spacial score (nSPS) is 10.5. The maximum atomic E-state index is 4.98. The van der Waals surface area contributed by atoms with Gasteiger partial charge in [-0.1, -0.05) is 5.16 Å². The van der Waals surface area contributed by atoms with Gasteiger partial charge in [-0.25, -0.2) is 0 Å². The van der Waals surface area contributed by atoms with Crippen LogP contribution >= 0.6 is 11.3 Å². The fourth-order valence-corrected chi connectivity index (χ4v) is 1.45. The van der Waals surface area contributed by atoms with E-state index >= 15 is 0 Å². The van der Waals surface area contributed by atoms with Crippen LogP contribution in [0, 0.1) is 0 Å². The van der Waals surface area contributed by atoms with Crippen molar-refractivity contribution in [2.24, 2.45) is 0 Å². The van der Waals surface area contributed by atoms with Crippen molar-refractivity contribution >= 4 is 11.3 Å². The Bertz CT molecular complexity index is 370. The van der Waals surface area contributed by atoms with E-state index in [-0.39, 0.29) is 0 Å². The zero-order chi connectivity index (χ0) is 9.10. The highest BCUT2D eigenvalue weighted by Gasteiger charge is 2.08. The van der Waals surface area contributed by atoms with Crippen LogP contribution in [0.25, 0.3) is 10.7 Å². The molecule has 6 heteroatoms. The third kappa shape index (κ3) is 1.73. The van der Waals surface area contributed by atoms with Crippen LogP contribution in [0.15, 0.2) is 16.2 Å². The van der Waals surface area contributed by atoms with Crippen molar-refractivity contribution in [3.8, 4) is 10.7 Å². The molecule has 13 heavy (non-hydrogen) atoms. The van der Waals surface area contributed by atoms with E-state index in [1.165, 1.54) is 11.3 Å². The summed E-state index contributed by atoms with van der Waals surface area (Å²) in [5.74, 6) is 1.19. The molecule has 0 aliphatic carbocycles. The Morgan fingerprint density at radius 2 is 2.54 bits per heavy atom. The van der Waals surface area contributed by atoms with Gasteiger partial charge in [0.05, 0.1) is 16.9 Å². The third-order valence-electron chi connectivity index (χ3n) is 1.45. The first-order valence-electron chi connectivity index (χ1n) is 3.76. The van der Waals surface area contributed by atoms with Crippen LogP contribution in [0.3, 0.4) is 0 Å². The Labute approximate surface area is 78.8 Å². The molecule has 0 aliphatic rings. The number of hydrogen-bond acceptors (Lipinski definition) is 6. The molecule has 1 N–H and O–H groups in total. The van der Waals surface area contributed by atoms with Gasteiger partial charge < -0.3 is 9.84 Å². The SMILES string of the molecule is CNCc1nc(-c2cncs2)no1. The first-order valence-corrected chi connectivity index (χ1v) is 4.64. The van der Waals surface area contributed by atoms with Crippen molar-refractivity contribution in [3.63, 3.8) is 0 Å². The smallest absolute Gasteiger partial charge is 0.240 e. The predicted octanol–water partition coefficient (Wildman–Crippen LogP) is 0.912. The lowest BCUT2D eigenvalue weighted by molar-refractivity contribution is 0.372. The van der Waals surface area contributed by atoms with E-state index in [1.807, 2.05) is 7.05 Å². The molecule has 0 unspecified atom stereocenters. The Balaban J connectivity index is 2.23. The molecule has 0 saturated heterocycles. The maximum Gasteiger partial charge on any atom is 0.240 e. The molecule has 2 aromatic heterocycles. The molecule has 0 saturated carbocycles. The maximum absolute atomic E-state index is 4.98. The minimum Gasteiger partial charge on any atom is -0.338 e. The fraction of sp³-hybridized carbons (Fsp3) is 0.286. The van der Waals surface area contributed by atoms with Crippen LogP contribution in [-0.2, 0) is 6.54 Å². The van der Waals surface area contributed by atoms with Crippen LogP contribution in [0.2, 0.25) is 0 Å². The van der Waals surface area contributed by atoms with E-state index in [1.54, 1.807) is 11.7 Å². The number of aromatic nitrogens is 3. The van der Waals surface area contributed by atoms with Crippen LogP contribution in [0.5, 0.6) is 0 Å². The summed E-state index contributed by atoms with van der Waals surface area (Å²) >= 11 is 1.49. The van der Waals surface area contributed by atoms with Gasteiger partial charge in [0.2, 0.25) is 11.7 Å². The molecule has 2 aromatic rings. The standard InChI is InChI=1S/C7H8N4OS/c1-8-3-6-10-7(11-12-6)5-2-9-4-13-5/h2,4,8H,3H2,1H3. The molecular weight excluding hydrogens is 188 g/mol. The van der Waals surface area contributed by atoms with Crippen molar-refractivity contribution in [2.45, 2.75) is 6.54 Å². The van der Waals surface area contributed by atoms with E-state index in [9.17, 15) is 0 Å². The van der Waals surface area contributed by atoms with Crippen LogP contribution in [0.1, 0.15) is 5.89 Å². The number of thiazole rings is 1. The highest BCUT2D eigenvalue weighted by Crippen LogP contribution is 2.19. The van der Waals surface area contributed by atoms with Crippen molar-refractivity contribution in [1.82, 2.24) is 20.4 Å². The van der Waals surface area contributed by atoms with Crippen LogP contribution in [0.4, 0.5) is 0 Å². The molecule has 0 amide bonds. The summed E-state index contributed by atoms with van der Waals surface area (Å²) in [6.07, 6.45) is 1.72. The highest BCUT2D eigenvalue weighted by atomic mass is 32.1. The van der Waals surface area contributed by atoms with Gasteiger partial charge in [0.25, 0.3) is 0 Å². The molecule has 2 rings (SSSR count).